The minimum atomic E-state index is -4.44. The van der Waals surface area contributed by atoms with Crippen molar-refractivity contribution < 1.29 is 33.3 Å². The number of rotatable bonds is 8. The van der Waals surface area contributed by atoms with E-state index in [9.17, 15) is 28.7 Å². The topological polar surface area (TPSA) is 124 Å². The summed E-state index contributed by atoms with van der Waals surface area (Å²) in [4.78, 5) is 42.9. The Hall–Kier alpha value is -2.83. The lowest BCUT2D eigenvalue weighted by Gasteiger charge is -2.41. The molecule has 0 amide bonds. The van der Waals surface area contributed by atoms with Gasteiger partial charge in [-0.2, -0.15) is 4.58 Å². The van der Waals surface area contributed by atoms with Crippen molar-refractivity contribution in [3.8, 4) is 0 Å². The first-order valence-electron chi connectivity index (χ1n) is 14.3. The number of benzene rings is 3. The molecular weight excluding hydrogens is 570 g/mol. The predicted molar refractivity (Wildman–Crippen MR) is 165 cm³/mol. The molecule has 1 aliphatic carbocycles. The summed E-state index contributed by atoms with van der Waals surface area (Å²) in [5, 5.41) is 2.10. The van der Waals surface area contributed by atoms with Gasteiger partial charge < -0.3 is 29.0 Å². The van der Waals surface area contributed by atoms with Crippen LogP contribution in [0.5, 0.6) is 0 Å². The molecule has 3 aliphatic rings. The van der Waals surface area contributed by atoms with Crippen LogP contribution in [0.25, 0.3) is 10.8 Å². The first-order chi connectivity index (χ1) is 19.8. The normalized spacial score (nSPS) is 21.3. The summed E-state index contributed by atoms with van der Waals surface area (Å²) >= 11 is 0. The fourth-order valence-corrected chi connectivity index (χ4v) is 7.96. The van der Waals surface area contributed by atoms with Crippen LogP contribution in [0.4, 0.5) is 11.4 Å². The highest BCUT2D eigenvalue weighted by Crippen LogP contribution is 2.58. The minimum absolute atomic E-state index is 0.156. The van der Waals surface area contributed by atoms with Gasteiger partial charge in [0.05, 0.1) is 10.8 Å². The van der Waals surface area contributed by atoms with Gasteiger partial charge in [0.15, 0.2) is 12.3 Å². The molecule has 2 heterocycles. The Morgan fingerprint density at radius 1 is 0.952 bits per heavy atom. The van der Waals surface area contributed by atoms with E-state index in [1.807, 2.05) is 64.1 Å². The molecule has 3 aromatic rings. The van der Waals surface area contributed by atoms with Crippen molar-refractivity contribution in [3.05, 3.63) is 95.7 Å². The van der Waals surface area contributed by atoms with Gasteiger partial charge in [-0.05, 0) is 55.8 Å². The van der Waals surface area contributed by atoms with Crippen LogP contribution in [-0.4, -0.2) is 50.4 Å². The number of allylic oxidation sites excluding steroid dienone is 4. The maximum absolute atomic E-state index is 12.0. The maximum Gasteiger partial charge on any atom is 0.331 e. The average molecular weight is 607 g/mol. The van der Waals surface area contributed by atoms with E-state index in [1.165, 1.54) is 5.56 Å². The number of fused-ring (bicyclic) bond motifs is 5. The van der Waals surface area contributed by atoms with E-state index in [0.29, 0.717) is 0 Å². The highest BCUT2D eigenvalue weighted by atomic mass is 31.2. The molecule has 1 unspecified atom stereocenters. The van der Waals surface area contributed by atoms with Crippen molar-refractivity contribution in [1.82, 2.24) is 0 Å². The summed E-state index contributed by atoms with van der Waals surface area (Å²) in [5.41, 5.74) is 5.55. The molecule has 0 saturated heterocycles. The molecule has 3 aromatic carbocycles. The Morgan fingerprint density at radius 3 is 2.36 bits per heavy atom. The number of anilines is 1. The SMILES string of the molecule is CC1(C)C(/C=C/C=C2/N(CCP(=O)([O-])O)c3ccccc3C23CCC3)=[N+](CCP(=O)(O)O)c2c1ccc1ccccc21. The number of nitrogens with zero attached hydrogens (tertiary/aromatic N) is 2. The first kappa shape index (κ1) is 29.3. The van der Waals surface area contributed by atoms with Crippen LogP contribution in [0, 0.1) is 0 Å². The number of hydrogen-bond acceptors (Lipinski definition) is 4. The zero-order chi connectivity index (χ0) is 29.9. The van der Waals surface area contributed by atoms with Gasteiger partial charge in [-0.3, -0.25) is 4.57 Å². The van der Waals surface area contributed by atoms with E-state index in [2.05, 4.69) is 38.1 Å². The van der Waals surface area contributed by atoms with Crippen LogP contribution in [-0.2, 0) is 20.0 Å². The summed E-state index contributed by atoms with van der Waals surface area (Å²) in [6.07, 6.45) is 8.45. The van der Waals surface area contributed by atoms with Crippen molar-refractivity contribution >= 4 is 43.1 Å². The highest BCUT2D eigenvalue weighted by molar-refractivity contribution is 7.51. The fourth-order valence-electron chi connectivity index (χ4n) is 7.05. The highest BCUT2D eigenvalue weighted by Gasteiger charge is 2.51. The van der Waals surface area contributed by atoms with Gasteiger partial charge in [-0.25, -0.2) is 0 Å². The molecule has 0 bridgehead atoms. The Balaban J connectivity index is 1.46. The monoisotopic (exact) mass is 606 g/mol. The van der Waals surface area contributed by atoms with E-state index in [-0.39, 0.29) is 30.8 Å². The lowest BCUT2D eigenvalue weighted by Crippen LogP contribution is -2.38. The van der Waals surface area contributed by atoms with E-state index in [0.717, 1.165) is 58.4 Å². The summed E-state index contributed by atoms with van der Waals surface area (Å²) in [7, 11) is -8.69. The Morgan fingerprint density at radius 2 is 1.67 bits per heavy atom. The summed E-state index contributed by atoms with van der Waals surface area (Å²) in [5.74, 6) is 0. The predicted octanol–water partition coefficient (Wildman–Crippen LogP) is 5.32. The number of hydrogen-bond donors (Lipinski definition) is 3. The van der Waals surface area contributed by atoms with Gasteiger partial charge in [0.25, 0.3) is 0 Å². The molecular formula is C32H36N2O6P2. The second-order valence-corrected chi connectivity index (χ2v) is 15.6. The Bertz CT molecular complexity index is 1760. The minimum Gasteiger partial charge on any atom is -0.779 e. The van der Waals surface area contributed by atoms with Gasteiger partial charge in [-0.15, -0.1) is 0 Å². The van der Waals surface area contributed by atoms with Crippen molar-refractivity contribution in [2.24, 2.45) is 0 Å². The van der Waals surface area contributed by atoms with Crippen molar-refractivity contribution in [3.63, 3.8) is 0 Å². The van der Waals surface area contributed by atoms with Crippen LogP contribution in [0.3, 0.4) is 0 Å². The molecule has 1 fully saturated rings. The maximum atomic E-state index is 12.0. The van der Waals surface area contributed by atoms with Crippen LogP contribution < -0.4 is 9.79 Å². The van der Waals surface area contributed by atoms with Crippen LogP contribution in [0.1, 0.15) is 44.2 Å². The molecule has 8 nitrogen and oxygen atoms in total. The number of para-hydroxylation sites is 1. The lowest BCUT2D eigenvalue weighted by molar-refractivity contribution is -0.430. The summed E-state index contributed by atoms with van der Waals surface area (Å²) in [6.45, 7) is 4.58. The largest absolute Gasteiger partial charge is 0.779 e. The average Bonchev–Trinajstić information content (AvgIpc) is 3.31. The van der Waals surface area contributed by atoms with Gasteiger partial charge in [0.2, 0.25) is 5.69 Å². The quantitative estimate of drug-likeness (QED) is 0.234. The molecule has 1 atom stereocenters. The Labute approximate surface area is 246 Å². The van der Waals surface area contributed by atoms with Crippen molar-refractivity contribution in [2.45, 2.75) is 43.9 Å². The van der Waals surface area contributed by atoms with Crippen LogP contribution in [0.2, 0.25) is 0 Å². The first-order valence-corrected chi connectivity index (χ1v) is 17.9. The van der Waals surface area contributed by atoms with Gasteiger partial charge in [-0.1, -0.05) is 61.0 Å². The summed E-state index contributed by atoms with van der Waals surface area (Å²) in [6, 6.07) is 20.3. The van der Waals surface area contributed by atoms with E-state index >= 15 is 0 Å². The van der Waals surface area contributed by atoms with E-state index in [1.54, 1.807) is 0 Å². The second kappa shape index (κ2) is 10.4. The van der Waals surface area contributed by atoms with Crippen molar-refractivity contribution in [2.75, 3.05) is 30.3 Å². The zero-order valence-electron chi connectivity index (χ0n) is 23.8. The van der Waals surface area contributed by atoms with Gasteiger partial charge >= 0.3 is 7.60 Å². The molecule has 1 saturated carbocycles. The molecule has 0 radical (unpaired) electrons. The fraction of sp³-hybridized carbons (Fsp3) is 0.344. The van der Waals surface area contributed by atoms with Crippen LogP contribution >= 0.6 is 15.2 Å². The third kappa shape index (κ3) is 5.05. The molecule has 220 valence electrons. The second-order valence-electron chi connectivity index (χ2n) is 12.1. The smallest absolute Gasteiger partial charge is 0.331 e. The molecule has 10 heteroatoms. The molecule has 2 aliphatic heterocycles. The molecule has 42 heavy (non-hydrogen) atoms. The summed E-state index contributed by atoms with van der Waals surface area (Å²) < 4.78 is 25.8. The lowest BCUT2D eigenvalue weighted by atomic mass is 9.63. The van der Waals surface area contributed by atoms with Crippen molar-refractivity contribution in [1.29, 1.82) is 0 Å². The molecule has 1 spiro atoms. The Kier molecular flexibility index (Phi) is 7.25. The third-order valence-electron chi connectivity index (χ3n) is 9.20. The van der Waals surface area contributed by atoms with Gasteiger partial charge in [0.1, 0.15) is 13.8 Å². The standard InChI is InChI=1S/C32H36N2O6P2/c1-31(2)26-16-15-23-9-3-4-10-24(23)30(26)34(20-22-42(38,39)40)28(31)13-7-14-29-32(17-8-18-32)25-11-5-6-12-27(25)33(29)19-21-41(35,36)37/h3-7,9-16H,8,17-22H2,1-2H3,(H3-,35,36,37,38,39,40). The van der Waals surface area contributed by atoms with E-state index < -0.39 is 20.6 Å². The zero-order valence-corrected chi connectivity index (χ0v) is 25.6. The third-order valence-corrected chi connectivity index (χ3v) is 10.8. The van der Waals surface area contributed by atoms with Crippen LogP contribution in [0.15, 0.2) is 84.6 Å². The molecule has 0 aromatic heterocycles. The van der Waals surface area contributed by atoms with E-state index in [4.69, 9.17) is 0 Å². The molecule has 6 rings (SSSR count). The van der Waals surface area contributed by atoms with Gasteiger partial charge in [0, 0.05) is 41.1 Å². The molecule has 3 N–H and O–H groups in total.